The maximum Gasteiger partial charge on any atom is 0.285 e. The van der Waals surface area contributed by atoms with Gasteiger partial charge >= 0.3 is 0 Å². The van der Waals surface area contributed by atoms with Gasteiger partial charge in [0.15, 0.2) is 11.5 Å². The zero-order valence-corrected chi connectivity index (χ0v) is 14.8. The molecule has 1 aromatic carbocycles. The summed E-state index contributed by atoms with van der Waals surface area (Å²) in [5.41, 5.74) is 0.155. The largest absolute Gasteiger partial charge is 0.486 e. The van der Waals surface area contributed by atoms with Gasteiger partial charge in [-0.25, -0.2) is 0 Å². The van der Waals surface area contributed by atoms with Crippen molar-refractivity contribution in [3.63, 3.8) is 0 Å². The number of hydrogen-bond donors (Lipinski definition) is 0. The molecule has 2 aromatic rings. The summed E-state index contributed by atoms with van der Waals surface area (Å²) < 4.78 is 12.1. The summed E-state index contributed by atoms with van der Waals surface area (Å²) in [4.78, 5) is 36.3. The maximum atomic E-state index is 12.6. The van der Waals surface area contributed by atoms with Gasteiger partial charge in [0.1, 0.15) is 19.8 Å². The predicted molar refractivity (Wildman–Crippen MR) is 95.9 cm³/mol. The Bertz CT molecular complexity index is 924. The van der Waals surface area contributed by atoms with Crippen molar-refractivity contribution in [2.75, 3.05) is 19.8 Å². The Labute approximate surface area is 154 Å². The number of ether oxygens (including phenoxy) is 2. The monoisotopic (exact) mass is 373 g/mol. The number of benzene rings is 1. The SMILES string of the molecule is CCN(Cc1ccc2c(c1)OCCO2)C(=O)Cn1cc([N+](=O)[O-])ccc1=O. The second-order valence-corrected chi connectivity index (χ2v) is 6.00. The van der Waals surface area contributed by atoms with Crippen molar-refractivity contribution in [2.45, 2.75) is 20.0 Å². The number of nitrogens with zero attached hydrogens (tertiary/aromatic N) is 3. The molecule has 0 fully saturated rings. The molecule has 1 amide bonds. The minimum Gasteiger partial charge on any atom is -0.486 e. The fourth-order valence-corrected chi connectivity index (χ4v) is 2.78. The van der Waals surface area contributed by atoms with Crippen LogP contribution in [-0.4, -0.2) is 40.1 Å². The van der Waals surface area contributed by atoms with Crippen LogP contribution in [0, 0.1) is 10.1 Å². The highest BCUT2D eigenvalue weighted by molar-refractivity contribution is 5.76. The van der Waals surface area contributed by atoms with Crippen LogP contribution in [0.25, 0.3) is 0 Å². The molecule has 1 aromatic heterocycles. The molecule has 1 aliphatic rings. The molecular weight excluding hydrogens is 354 g/mol. The van der Waals surface area contributed by atoms with Crippen LogP contribution >= 0.6 is 0 Å². The first-order valence-electron chi connectivity index (χ1n) is 8.49. The van der Waals surface area contributed by atoms with Crippen LogP contribution in [0.15, 0.2) is 41.3 Å². The van der Waals surface area contributed by atoms with E-state index in [1.807, 2.05) is 19.1 Å². The average Bonchev–Trinajstić information content (AvgIpc) is 2.67. The molecule has 0 atom stereocenters. The molecule has 0 saturated carbocycles. The molecule has 27 heavy (non-hydrogen) atoms. The molecular formula is C18H19N3O6. The zero-order valence-electron chi connectivity index (χ0n) is 14.8. The van der Waals surface area contributed by atoms with Gasteiger partial charge in [0.05, 0.1) is 11.1 Å². The maximum absolute atomic E-state index is 12.6. The minimum atomic E-state index is -0.604. The van der Waals surface area contributed by atoms with E-state index in [4.69, 9.17) is 9.47 Å². The molecule has 0 unspecified atom stereocenters. The Balaban J connectivity index is 1.74. The molecule has 0 saturated heterocycles. The van der Waals surface area contributed by atoms with E-state index in [9.17, 15) is 19.7 Å². The Morgan fingerprint density at radius 3 is 2.67 bits per heavy atom. The molecule has 0 bridgehead atoms. The Morgan fingerprint density at radius 1 is 1.22 bits per heavy atom. The number of hydrogen-bond acceptors (Lipinski definition) is 6. The van der Waals surface area contributed by atoms with E-state index in [0.717, 1.165) is 28.5 Å². The second-order valence-electron chi connectivity index (χ2n) is 6.00. The second kappa shape index (κ2) is 7.90. The molecule has 0 radical (unpaired) electrons. The van der Waals surface area contributed by atoms with Gasteiger partial charge < -0.3 is 14.4 Å². The Kier molecular flexibility index (Phi) is 5.39. The van der Waals surface area contributed by atoms with E-state index in [-0.39, 0.29) is 18.1 Å². The van der Waals surface area contributed by atoms with Crippen molar-refractivity contribution in [3.8, 4) is 11.5 Å². The van der Waals surface area contributed by atoms with Crippen molar-refractivity contribution in [1.82, 2.24) is 9.47 Å². The smallest absolute Gasteiger partial charge is 0.285 e. The highest BCUT2D eigenvalue weighted by Crippen LogP contribution is 2.31. The highest BCUT2D eigenvalue weighted by atomic mass is 16.6. The van der Waals surface area contributed by atoms with E-state index in [0.29, 0.717) is 37.8 Å². The summed E-state index contributed by atoms with van der Waals surface area (Å²) in [6.45, 7) is 3.30. The van der Waals surface area contributed by atoms with Crippen molar-refractivity contribution in [2.24, 2.45) is 0 Å². The van der Waals surface area contributed by atoms with Crippen molar-refractivity contribution in [3.05, 3.63) is 62.6 Å². The average molecular weight is 373 g/mol. The molecule has 0 N–H and O–H groups in total. The van der Waals surface area contributed by atoms with Gasteiger partial charge in [0, 0.05) is 25.2 Å². The first-order valence-corrected chi connectivity index (χ1v) is 8.49. The van der Waals surface area contributed by atoms with Crippen molar-refractivity contribution in [1.29, 1.82) is 0 Å². The first kappa shape index (κ1) is 18.4. The number of carbonyl (C=O) groups is 1. The third kappa shape index (κ3) is 4.25. The quantitative estimate of drug-likeness (QED) is 0.562. The van der Waals surface area contributed by atoms with E-state index in [2.05, 4.69) is 0 Å². The van der Waals surface area contributed by atoms with Crippen molar-refractivity contribution < 1.29 is 19.2 Å². The lowest BCUT2D eigenvalue weighted by molar-refractivity contribution is -0.385. The van der Waals surface area contributed by atoms with Crippen LogP contribution in [0.5, 0.6) is 11.5 Å². The molecule has 0 aliphatic carbocycles. The molecule has 142 valence electrons. The number of fused-ring (bicyclic) bond motifs is 1. The first-order chi connectivity index (χ1) is 13.0. The molecule has 1 aliphatic heterocycles. The van der Waals surface area contributed by atoms with Crippen molar-refractivity contribution >= 4 is 11.6 Å². The predicted octanol–water partition coefficient (Wildman–Crippen LogP) is 1.58. The summed E-state index contributed by atoms with van der Waals surface area (Å²) in [5.74, 6) is 0.995. The molecule has 9 heteroatoms. The van der Waals surface area contributed by atoms with E-state index >= 15 is 0 Å². The van der Waals surface area contributed by atoms with Gasteiger partial charge in [-0.3, -0.25) is 24.3 Å². The van der Waals surface area contributed by atoms with Gasteiger partial charge in [0.25, 0.3) is 11.2 Å². The fraction of sp³-hybridized carbons (Fsp3) is 0.333. The van der Waals surface area contributed by atoms with Gasteiger partial charge in [-0.2, -0.15) is 0 Å². The standard InChI is InChI=1S/C18H19N3O6/c1-2-19(10-13-3-5-15-16(9-13)27-8-7-26-15)18(23)12-20-11-14(21(24)25)4-6-17(20)22/h3-6,9,11H,2,7-8,10,12H2,1H3. The molecule has 0 spiro atoms. The summed E-state index contributed by atoms with van der Waals surface area (Å²) in [5, 5.41) is 10.9. The number of aromatic nitrogens is 1. The molecule has 3 rings (SSSR count). The summed E-state index contributed by atoms with van der Waals surface area (Å²) >= 11 is 0. The number of rotatable bonds is 6. The fourth-order valence-electron chi connectivity index (χ4n) is 2.78. The highest BCUT2D eigenvalue weighted by Gasteiger charge is 2.17. The third-order valence-electron chi connectivity index (χ3n) is 4.20. The summed E-state index contributed by atoms with van der Waals surface area (Å²) in [6.07, 6.45) is 1.08. The van der Waals surface area contributed by atoms with Crippen LogP contribution in [-0.2, 0) is 17.9 Å². The number of nitro groups is 1. The number of likely N-dealkylation sites (N-methyl/N-ethyl adjacent to an activating group) is 1. The Hall–Kier alpha value is -3.36. The van der Waals surface area contributed by atoms with Crippen LogP contribution in [0.4, 0.5) is 5.69 Å². The lowest BCUT2D eigenvalue weighted by Crippen LogP contribution is -2.35. The topological polar surface area (TPSA) is 104 Å². The van der Waals surface area contributed by atoms with Crippen LogP contribution in [0.2, 0.25) is 0 Å². The molecule has 2 heterocycles. The van der Waals surface area contributed by atoms with E-state index in [1.54, 1.807) is 11.0 Å². The zero-order chi connectivity index (χ0) is 19.4. The van der Waals surface area contributed by atoms with E-state index in [1.165, 1.54) is 0 Å². The van der Waals surface area contributed by atoms with E-state index < -0.39 is 10.5 Å². The summed E-state index contributed by atoms with van der Waals surface area (Å²) in [6, 6.07) is 7.68. The number of pyridine rings is 1. The summed E-state index contributed by atoms with van der Waals surface area (Å²) in [7, 11) is 0. The Morgan fingerprint density at radius 2 is 1.96 bits per heavy atom. The van der Waals surface area contributed by atoms with Gasteiger partial charge in [-0.15, -0.1) is 0 Å². The number of carbonyl (C=O) groups excluding carboxylic acids is 1. The third-order valence-corrected chi connectivity index (χ3v) is 4.20. The van der Waals surface area contributed by atoms with Crippen LogP contribution in [0.1, 0.15) is 12.5 Å². The van der Waals surface area contributed by atoms with Crippen LogP contribution < -0.4 is 15.0 Å². The lowest BCUT2D eigenvalue weighted by Gasteiger charge is -2.23. The molecule has 9 nitrogen and oxygen atoms in total. The normalized spacial score (nSPS) is 12.5. The van der Waals surface area contributed by atoms with Crippen LogP contribution in [0.3, 0.4) is 0 Å². The van der Waals surface area contributed by atoms with Gasteiger partial charge in [-0.1, -0.05) is 6.07 Å². The van der Waals surface area contributed by atoms with Gasteiger partial charge in [0.2, 0.25) is 5.91 Å². The van der Waals surface area contributed by atoms with Gasteiger partial charge in [-0.05, 0) is 24.6 Å². The lowest BCUT2D eigenvalue weighted by atomic mass is 10.1. The minimum absolute atomic E-state index is 0.239. The number of amides is 1.